The van der Waals surface area contributed by atoms with Crippen LogP contribution in [0.5, 0.6) is 0 Å². The molecule has 0 saturated carbocycles. The second-order valence-electron chi connectivity index (χ2n) is 6.42. The molecule has 0 radical (unpaired) electrons. The van der Waals surface area contributed by atoms with Gasteiger partial charge in [-0.2, -0.15) is 0 Å². The van der Waals surface area contributed by atoms with Gasteiger partial charge in [0.2, 0.25) is 0 Å². The number of piperazine rings is 1. The second-order valence-corrected chi connectivity index (χ2v) is 7.28. The number of rotatable bonds is 4. The number of nitrogens with zero attached hydrogens (tertiary/aromatic N) is 3. The van der Waals surface area contributed by atoms with Gasteiger partial charge in [-0.05, 0) is 53.2 Å². The van der Waals surface area contributed by atoms with Crippen LogP contribution in [0, 0.1) is 15.9 Å². The Bertz CT molecular complexity index is 958. The molecule has 3 rings (SSSR count). The Kier molecular flexibility index (Phi) is 5.73. The minimum absolute atomic E-state index is 0.169. The minimum Gasteiger partial charge on any atom is -0.366 e. The summed E-state index contributed by atoms with van der Waals surface area (Å²) >= 11 is 3.10. The molecule has 1 heterocycles. The van der Waals surface area contributed by atoms with E-state index in [1.165, 1.54) is 31.2 Å². The number of ketones is 1. The minimum atomic E-state index is -0.549. The molecule has 0 spiro atoms. The molecular weight excluding hydrogens is 433 g/mol. The van der Waals surface area contributed by atoms with Crippen molar-refractivity contribution >= 4 is 39.0 Å². The Morgan fingerprint density at radius 1 is 1.07 bits per heavy atom. The number of benzene rings is 2. The number of nitro groups is 1. The summed E-state index contributed by atoms with van der Waals surface area (Å²) in [7, 11) is 0. The number of nitro benzene ring substituents is 1. The number of halogens is 2. The van der Waals surface area contributed by atoms with Crippen LogP contribution in [0.25, 0.3) is 0 Å². The van der Waals surface area contributed by atoms with E-state index in [1.54, 1.807) is 17.0 Å². The summed E-state index contributed by atoms with van der Waals surface area (Å²) in [4.78, 5) is 37.9. The van der Waals surface area contributed by atoms with E-state index in [0.717, 1.165) is 0 Å². The average Bonchev–Trinajstić information content (AvgIpc) is 2.67. The van der Waals surface area contributed by atoms with E-state index in [1.807, 2.05) is 4.90 Å². The Balaban J connectivity index is 1.70. The third kappa shape index (κ3) is 4.04. The SMILES string of the molecule is CC(=O)c1ccc(N2CCN(C(=O)c3ccc(Br)c([N+](=O)[O-])c3)CC2)c(F)c1. The lowest BCUT2D eigenvalue weighted by Crippen LogP contribution is -2.49. The van der Waals surface area contributed by atoms with E-state index in [9.17, 15) is 24.1 Å². The van der Waals surface area contributed by atoms with Crippen LogP contribution in [0.4, 0.5) is 15.8 Å². The van der Waals surface area contributed by atoms with Gasteiger partial charge in [-0.25, -0.2) is 4.39 Å². The number of carbonyl (C=O) groups excluding carboxylic acids is 2. The Morgan fingerprint density at radius 3 is 2.29 bits per heavy atom. The molecule has 0 bridgehead atoms. The van der Waals surface area contributed by atoms with Gasteiger partial charge in [0.1, 0.15) is 5.82 Å². The Morgan fingerprint density at radius 2 is 1.71 bits per heavy atom. The van der Waals surface area contributed by atoms with E-state index < -0.39 is 10.7 Å². The first-order valence-corrected chi connectivity index (χ1v) is 9.36. The maximum Gasteiger partial charge on any atom is 0.284 e. The van der Waals surface area contributed by atoms with Crippen molar-refractivity contribution in [3.63, 3.8) is 0 Å². The van der Waals surface area contributed by atoms with Gasteiger partial charge in [0.05, 0.1) is 15.1 Å². The molecule has 1 aliphatic rings. The fourth-order valence-electron chi connectivity index (χ4n) is 3.10. The van der Waals surface area contributed by atoms with Gasteiger partial charge in [0.15, 0.2) is 5.78 Å². The van der Waals surface area contributed by atoms with Crippen LogP contribution in [0.3, 0.4) is 0 Å². The molecule has 146 valence electrons. The lowest BCUT2D eigenvalue weighted by atomic mass is 10.1. The standard InChI is InChI=1S/C19H17BrFN3O4/c1-12(25)13-3-5-17(16(21)10-13)22-6-8-23(9-7-22)19(26)14-2-4-15(20)18(11-14)24(27)28/h2-5,10-11H,6-9H2,1H3. The lowest BCUT2D eigenvalue weighted by Gasteiger charge is -2.36. The van der Waals surface area contributed by atoms with Crippen molar-refractivity contribution in [2.75, 3.05) is 31.1 Å². The molecule has 2 aromatic carbocycles. The fraction of sp³-hybridized carbons (Fsp3) is 0.263. The lowest BCUT2D eigenvalue weighted by molar-refractivity contribution is -0.385. The third-order valence-electron chi connectivity index (χ3n) is 4.65. The van der Waals surface area contributed by atoms with Crippen LogP contribution in [0.1, 0.15) is 27.6 Å². The van der Waals surface area contributed by atoms with E-state index >= 15 is 0 Å². The van der Waals surface area contributed by atoms with Crippen LogP contribution in [0.2, 0.25) is 0 Å². The highest BCUT2D eigenvalue weighted by atomic mass is 79.9. The molecule has 28 heavy (non-hydrogen) atoms. The van der Waals surface area contributed by atoms with Gasteiger partial charge in [0, 0.05) is 43.4 Å². The van der Waals surface area contributed by atoms with E-state index in [-0.39, 0.29) is 22.9 Å². The maximum absolute atomic E-state index is 14.3. The Hall–Kier alpha value is -2.81. The zero-order chi connectivity index (χ0) is 20.4. The summed E-state index contributed by atoms with van der Waals surface area (Å²) < 4.78 is 14.6. The highest BCUT2D eigenvalue weighted by molar-refractivity contribution is 9.10. The highest BCUT2D eigenvalue weighted by Gasteiger charge is 2.25. The zero-order valence-electron chi connectivity index (χ0n) is 15.0. The van der Waals surface area contributed by atoms with Crippen molar-refractivity contribution in [1.82, 2.24) is 4.90 Å². The highest BCUT2D eigenvalue weighted by Crippen LogP contribution is 2.27. The monoisotopic (exact) mass is 449 g/mol. The number of hydrogen-bond acceptors (Lipinski definition) is 5. The van der Waals surface area contributed by atoms with Crippen LogP contribution >= 0.6 is 15.9 Å². The molecular formula is C19H17BrFN3O4. The molecule has 9 heteroatoms. The van der Waals surface area contributed by atoms with Gasteiger partial charge < -0.3 is 9.80 Å². The zero-order valence-corrected chi connectivity index (χ0v) is 16.6. The quantitative estimate of drug-likeness (QED) is 0.404. The molecule has 0 aromatic heterocycles. The topological polar surface area (TPSA) is 83.8 Å². The molecule has 1 saturated heterocycles. The van der Waals surface area contributed by atoms with Crippen molar-refractivity contribution in [3.05, 3.63) is 67.9 Å². The number of anilines is 1. The summed E-state index contributed by atoms with van der Waals surface area (Å²) in [6.45, 7) is 2.93. The van der Waals surface area contributed by atoms with Crippen LogP contribution in [-0.4, -0.2) is 47.7 Å². The molecule has 1 amide bonds. The summed E-state index contributed by atoms with van der Waals surface area (Å²) in [5.74, 6) is -0.983. The van der Waals surface area contributed by atoms with Gasteiger partial charge in [-0.3, -0.25) is 19.7 Å². The van der Waals surface area contributed by atoms with Gasteiger partial charge >= 0.3 is 0 Å². The summed E-state index contributed by atoms with van der Waals surface area (Å²) in [6, 6.07) is 8.63. The van der Waals surface area contributed by atoms with E-state index in [2.05, 4.69) is 15.9 Å². The van der Waals surface area contributed by atoms with Gasteiger partial charge in [0.25, 0.3) is 11.6 Å². The first-order valence-electron chi connectivity index (χ1n) is 8.56. The molecule has 2 aromatic rings. The van der Waals surface area contributed by atoms with Crippen molar-refractivity contribution in [3.8, 4) is 0 Å². The van der Waals surface area contributed by atoms with E-state index in [4.69, 9.17) is 0 Å². The number of amides is 1. The summed E-state index contributed by atoms with van der Waals surface area (Å²) in [6.07, 6.45) is 0. The molecule has 0 N–H and O–H groups in total. The first kappa shape index (κ1) is 19.9. The van der Waals surface area contributed by atoms with Crippen molar-refractivity contribution < 1.29 is 18.9 Å². The van der Waals surface area contributed by atoms with Crippen molar-refractivity contribution in [2.24, 2.45) is 0 Å². The maximum atomic E-state index is 14.3. The number of hydrogen-bond donors (Lipinski definition) is 0. The first-order chi connectivity index (χ1) is 13.3. The predicted octanol–water partition coefficient (Wildman–Crippen LogP) is 3.66. The summed E-state index contributed by atoms with van der Waals surface area (Å²) in [5.41, 5.74) is 0.765. The number of Topliss-reactive ketones (excluding diaryl/α,β-unsaturated/α-hetero) is 1. The van der Waals surface area contributed by atoms with Crippen LogP contribution in [0.15, 0.2) is 40.9 Å². The molecule has 0 unspecified atom stereocenters. The largest absolute Gasteiger partial charge is 0.366 e. The van der Waals surface area contributed by atoms with Gasteiger partial charge in [-0.15, -0.1) is 0 Å². The Labute approximate surface area is 169 Å². The smallest absolute Gasteiger partial charge is 0.284 e. The van der Waals surface area contributed by atoms with Crippen LogP contribution in [-0.2, 0) is 0 Å². The predicted molar refractivity (Wildman–Crippen MR) is 105 cm³/mol. The molecule has 0 atom stereocenters. The summed E-state index contributed by atoms with van der Waals surface area (Å²) in [5, 5.41) is 11.1. The molecule has 1 aliphatic heterocycles. The molecule has 7 nitrogen and oxygen atoms in total. The van der Waals surface area contributed by atoms with Crippen molar-refractivity contribution in [1.29, 1.82) is 0 Å². The second kappa shape index (κ2) is 8.05. The number of carbonyl (C=O) groups is 2. The normalized spacial score (nSPS) is 14.1. The van der Waals surface area contributed by atoms with Gasteiger partial charge in [-0.1, -0.05) is 0 Å². The average molecular weight is 450 g/mol. The van der Waals surface area contributed by atoms with Crippen molar-refractivity contribution in [2.45, 2.75) is 6.92 Å². The fourth-order valence-corrected chi connectivity index (χ4v) is 3.49. The van der Waals surface area contributed by atoms with Crippen LogP contribution < -0.4 is 4.90 Å². The third-order valence-corrected chi connectivity index (χ3v) is 5.32. The molecule has 1 fully saturated rings. The van der Waals surface area contributed by atoms with E-state index in [0.29, 0.717) is 41.9 Å². The molecule has 0 aliphatic carbocycles.